The highest BCUT2D eigenvalue weighted by molar-refractivity contribution is 9.10. The van der Waals surface area contributed by atoms with Crippen LogP contribution in [-0.2, 0) is 0 Å². The molecule has 1 fully saturated rings. The molecule has 1 unspecified atom stereocenters. The Hall–Kier alpha value is -0.700. The monoisotopic (exact) mass is 296 g/mol. The average molecular weight is 297 g/mol. The second kappa shape index (κ2) is 5.30. The van der Waals surface area contributed by atoms with E-state index in [1.54, 1.807) is 0 Å². The Morgan fingerprint density at radius 3 is 2.76 bits per heavy atom. The summed E-state index contributed by atoms with van der Waals surface area (Å²) in [7, 11) is 0. The van der Waals surface area contributed by atoms with Gasteiger partial charge in [0.1, 0.15) is 0 Å². The number of halogens is 1. The third kappa shape index (κ3) is 3.38. The summed E-state index contributed by atoms with van der Waals surface area (Å²) in [5.74, 6) is 0.959. The van der Waals surface area contributed by atoms with Crippen molar-refractivity contribution in [2.24, 2.45) is 5.92 Å². The maximum absolute atomic E-state index is 5.89. The molecule has 1 atom stereocenters. The zero-order valence-corrected chi connectivity index (χ0v) is 12.2. The van der Waals surface area contributed by atoms with Gasteiger partial charge in [-0.1, -0.05) is 19.8 Å². The Bertz CT molecular complexity index is 399. The van der Waals surface area contributed by atoms with Gasteiger partial charge in [-0.05, 0) is 59.3 Å². The lowest BCUT2D eigenvalue weighted by molar-refractivity contribution is 0.587. The van der Waals surface area contributed by atoms with Crippen LogP contribution in [0.2, 0.25) is 0 Å². The predicted molar refractivity (Wildman–Crippen MR) is 78.3 cm³/mol. The summed E-state index contributed by atoms with van der Waals surface area (Å²) in [4.78, 5) is 0. The van der Waals surface area contributed by atoms with E-state index in [0.717, 1.165) is 21.6 Å². The topological polar surface area (TPSA) is 38.0 Å². The van der Waals surface area contributed by atoms with Gasteiger partial charge in [-0.3, -0.25) is 0 Å². The standard InChI is InChI=1S/C14H21BrN2/c1-3-11(7-10-4-5-10)17-14-6-9(2)13(16)8-12(14)15/h6,8,10-11,17H,3-5,7,16H2,1-2H3. The lowest BCUT2D eigenvalue weighted by Crippen LogP contribution is -2.19. The van der Waals surface area contributed by atoms with E-state index in [1.807, 2.05) is 6.07 Å². The summed E-state index contributed by atoms with van der Waals surface area (Å²) < 4.78 is 1.06. The molecule has 0 radical (unpaired) electrons. The third-order valence-corrected chi connectivity index (χ3v) is 4.18. The van der Waals surface area contributed by atoms with Gasteiger partial charge in [-0.25, -0.2) is 0 Å². The molecule has 1 aliphatic rings. The Labute approximate surface area is 112 Å². The normalized spacial score (nSPS) is 16.9. The van der Waals surface area contributed by atoms with Gasteiger partial charge in [-0.15, -0.1) is 0 Å². The maximum Gasteiger partial charge on any atom is 0.0490 e. The van der Waals surface area contributed by atoms with E-state index in [4.69, 9.17) is 5.73 Å². The van der Waals surface area contributed by atoms with Gasteiger partial charge in [0, 0.05) is 21.9 Å². The summed E-state index contributed by atoms with van der Waals surface area (Å²) in [6.07, 6.45) is 5.30. The Morgan fingerprint density at radius 1 is 1.47 bits per heavy atom. The van der Waals surface area contributed by atoms with E-state index in [2.05, 4.69) is 41.2 Å². The molecule has 0 amide bonds. The second-order valence-electron chi connectivity index (χ2n) is 5.12. The Kier molecular flexibility index (Phi) is 3.97. The van der Waals surface area contributed by atoms with Gasteiger partial charge < -0.3 is 11.1 Å². The molecular formula is C14H21BrN2. The number of nitrogen functional groups attached to an aromatic ring is 1. The van der Waals surface area contributed by atoms with E-state index in [-0.39, 0.29) is 0 Å². The number of benzene rings is 1. The van der Waals surface area contributed by atoms with Crippen molar-refractivity contribution in [2.45, 2.75) is 45.6 Å². The van der Waals surface area contributed by atoms with Crippen LogP contribution in [0, 0.1) is 12.8 Å². The van der Waals surface area contributed by atoms with Crippen LogP contribution in [0.5, 0.6) is 0 Å². The fourth-order valence-electron chi connectivity index (χ4n) is 2.11. The molecule has 3 heteroatoms. The van der Waals surface area contributed by atoms with Crippen molar-refractivity contribution in [2.75, 3.05) is 11.1 Å². The van der Waals surface area contributed by atoms with Crippen molar-refractivity contribution in [1.29, 1.82) is 0 Å². The molecule has 1 aromatic rings. The van der Waals surface area contributed by atoms with Gasteiger partial charge in [0.25, 0.3) is 0 Å². The molecular weight excluding hydrogens is 276 g/mol. The molecule has 1 aliphatic carbocycles. The second-order valence-corrected chi connectivity index (χ2v) is 5.97. The summed E-state index contributed by atoms with van der Waals surface area (Å²) in [6.45, 7) is 4.30. The van der Waals surface area contributed by atoms with Gasteiger partial charge in [0.2, 0.25) is 0 Å². The van der Waals surface area contributed by atoms with Gasteiger partial charge in [0.15, 0.2) is 0 Å². The van der Waals surface area contributed by atoms with Crippen LogP contribution in [0.15, 0.2) is 16.6 Å². The highest BCUT2D eigenvalue weighted by atomic mass is 79.9. The molecule has 0 aromatic heterocycles. The number of hydrogen-bond donors (Lipinski definition) is 2. The molecule has 0 aliphatic heterocycles. The quantitative estimate of drug-likeness (QED) is 0.794. The number of nitrogens with two attached hydrogens (primary N) is 1. The minimum atomic E-state index is 0.585. The fraction of sp³-hybridized carbons (Fsp3) is 0.571. The third-order valence-electron chi connectivity index (χ3n) is 3.52. The zero-order valence-electron chi connectivity index (χ0n) is 10.6. The first-order valence-corrected chi connectivity index (χ1v) is 7.21. The van der Waals surface area contributed by atoms with Crippen molar-refractivity contribution >= 4 is 27.3 Å². The van der Waals surface area contributed by atoms with E-state index in [1.165, 1.54) is 31.4 Å². The van der Waals surface area contributed by atoms with Crippen LogP contribution in [0.3, 0.4) is 0 Å². The molecule has 2 nitrogen and oxygen atoms in total. The Morgan fingerprint density at radius 2 is 2.18 bits per heavy atom. The van der Waals surface area contributed by atoms with Crippen molar-refractivity contribution < 1.29 is 0 Å². The molecule has 0 bridgehead atoms. The molecule has 3 N–H and O–H groups in total. The number of aryl methyl sites for hydroxylation is 1. The molecule has 1 saturated carbocycles. The lowest BCUT2D eigenvalue weighted by atomic mass is 10.1. The van der Waals surface area contributed by atoms with E-state index < -0.39 is 0 Å². The smallest absolute Gasteiger partial charge is 0.0490 e. The predicted octanol–water partition coefficient (Wildman–Crippen LogP) is 4.33. The molecule has 0 saturated heterocycles. The molecule has 17 heavy (non-hydrogen) atoms. The van der Waals surface area contributed by atoms with Crippen molar-refractivity contribution in [3.63, 3.8) is 0 Å². The molecule has 0 heterocycles. The van der Waals surface area contributed by atoms with Gasteiger partial charge in [0.05, 0.1) is 0 Å². The van der Waals surface area contributed by atoms with Gasteiger partial charge in [-0.2, -0.15) is 0 Å². The lowest BCUT2D eigenvalue weighted by Gasteiger charge is -2.20. The minimum Gasteiger partial charge on any atom is -0.398 e. The summed E-state index contributed by atoms with van der Waals surface area (Å²) in [6, 6.07) is 4.71. The summed E-state index contributed by atoms with van der Waals surface area (Å²) in [5.41, 5.74) is 9.04. The van der Waals surface area contributed by atoms with Crippen LogP contribution in [-0.4, -0.2) is 6.04 Å². The maximum atomic E-state index is 5.89. The Balaban J connectivity index is 2.07. The minimum absolute atomic E-state index is 0.585. The molecule has 2 rings (SSSR count). The van der Waals surface area contributed by atoms with Crippen LogP contribution >= 0.6 is 15.9 Å². The van der Waals surface area contributed by atoms with Crippen LogP contribution in [0.25, 0.3) is 0 Å². The summed E-state index contributed by atoms with van der Waals surface area (Å²) in [5, 5.41) is 3.63. The van der Waals surface area contributed by atoms with Crippen molar-refractivity contribution in [1.82, 2.24) is 0 Å². The number of rotatable bonds is 5. The van der Waals surface area contributed by atoms with Crippen LogP contribution in [0.1, 0.15) is 38.2 Å². The molecule has 94 valence electrons. The fourth-order valence-corrected chi connectivity index (χ4v) is 2.59. The van der Waals surface area contributed by atoms with Crippen molar-refractivity contribution in [3.8, 4) is 0 Å². The first kappa shape index (κ1) is 12.7. The van der Waals surface area contributed by atoms with Gasteiger partial charge >= 0.3 is 0 Å². The van der Waals surface area contributed by atoms with Crippen LogP contribution in [0.4, 0.5) is 11.4 Å². The first-order chi connectivity index (χ1) is 8.10. The van der Waals surface area contributed by atoms with Crippen LogP contribution < -0.4 is 11.1 Å². The largest absolute Gasteiger partial charge is 0.398 e. The SMILES string of the molecule is CCC(CC1CC1)Nc1cc(C)c(N)cc1Br. The van der Waals surface area contributed by atoms with E-state index >= 15 is 0 Å². The number of hydrogen-bond acceptors (Lipinski definition) is 2. The number of nitrogens with one attached hydrogen (secondary N) is 1. The average Bonchev–Trinajstić information content (AvgIpc) is 3.08. The highest BCUT2D eigenvalue weighted by Gasteiger charge is 2.24. The first-order valence-electron chi connectivity index (χ1n) is 6.42. The molecule has 1 aromatic carbocycles. The van der Waals surface area contributed by atoms with Crippen molar-refractivity contribution in [3.05, 3.63) is 22.2 Å². The molecule has 0 spiro atoms. The number of anilines is 2. The summed E-state index contributed by atoms with van der Waals surface area (Å²) >= 11 is 3.58. The zero-order chi connectivity index (χ0) is 12.4. The van der Waals surface area contributed by atoms with E-state index in [9.17, 15) is 0 Å². The van der Waals surface area contributed by atoms with E-state index in [0.29, 0.717) is 6.04 Å². The highest BCUT2D eigenvalue weighted by Crippen LogP contribution is 2.36.